The fraction of sp³-hybridized carbons (Fsp3) is 0.615. The molecule has 0 bridgehead atoms. The van der Waals surface area contributed by atoms with Gasteiger partial charge in [-0.2, -0.15) is 0 Å². The van der Waals surface area contributed by atoms with E-state index < -0.39 is 0 Å². The zero-order chi connectivity index (χ0) is 11.3. The summed E-state index contributed by atoms with van der Waals surface area (Å²) in [6.45, 7) is 14.8. The Balaban J connectivity index is 4.99. The zero-order valence-corrected chi connectivity index (χ0v) is 10.4. The van der Waals surface area contributed by atoms with Crippen molar-refractivity contribution in [3.63, 3.8) is 0 Å². The summed E-state index contributed by atoms with van der Waals surface area (Å²) in [6, 6.07) is 0. The Morgan fingerprint density at radius 1 is 1.14 bits per heavy atom. The standard InChI is InChI=1S/C13H23N/c1-9(2)12(10(3)4)8-13(14-7)11(5)6/h8,10-11H,1H2,2-7H3/b12-8+,14-13+. The van der Waals surface area contributed by atoms with Gasteiger partial charge in [-0.15, -0.1) is 0 Å². The van der Waals surface area contributed by atoms with Gasteiger partial charge in [0.25, 0.3) is 0 Å². The minimum Gasteiger partial charge on any atom is -0.293 e. The van der Waals surface area contributed by atoms with Gasteiger partial charge in [0.15, 0.2) is 0 Å². The maximum absolute atomic E-state index is 4.29. The molecule has 14 heavy (non-hydrogen) atoms. The molecule has 0 N–H and O–H groups in total. The second kappa shape index (κ2) is 5.79. The quantitative estimate of drug-likeness (QED) is 0.475. The second-order valence-corrected chi connectivity index (χ2v) is 4.34. The van der Waals surface area contributed by atoms with Crippen molar-refractivity contribution in [2.75, 3.05) is 7.05 Å². The molecule has 1 nitrogen and oxygen atoms in total. The van der Waals surface area contributed by atoms with Crippen molar-refractivity contribution >= 4 is 5.71 Å². The highest BCUT2D eigenvalue weighted by molar-refractivity contribution is 5.97. The number of allylic oxidation sites excluding steroid dienone is 3. The summed E-state index contributed by atoms with van der Waals surface area (Å²) in [5.74, 6) is 0.996. The topological polar surface area (TPSA) is 12.4 Å². The van der Waals surface area contributed by atoms with Crippen LogP contribution in [0.15, 0.2) is 28.8 Å². The highest BCUT2D eigenvalue weighted by atomic mass is 14.7. The van der Waals surface area contributed by atoms with E-state index in [4.69, 9.17) is 0 Å². The molecule has 0 heterocycles. The summed E-state index contributed by atoms with van der Waals surface area (Å²) in [5.41, 5.74) is 3.60. The van der Waals surface area contributed by atoms with Crippen molar-refractivity contribution in [3.8, 4) is 0 Å². The Morgan fingerprint density at radius 2 is 1.64 bits per heavy atom. The second-order valence-electron chi connectivity index (χ2n) is 4.34. The lowest BCUT2D eigenvalue weighted by Crippen LogP contribution is -2.07. The highest BCUT2D eigenvalue weighted by Gasteiger charge is 2.07. The third kappa shape index (κ3) is 3.91. The maximum atomic E-state index is 4.29. The van der Waals surface area contributed by atoms with Gasteiger partial charge >= 0.3 is 0 Å². The van der Waals surface area contributed by atoms with E-state index in [0.717, 1.165) is 11.3 Å². The first-order valence-corrected chi connectivity index (χ1v) is 5.24. The van der Waals surface area contributed by atoms with Gasteiger partial charge in [0.05, 0.1) is 0 Å². The largest absolute Gasteiger partial charge is 0.293 e. The Bertz CT molecular complexity index is 254. The Morgan fingerprint density at radius 3 is 1.86 bits per heavy atom. The Hall–Kier alpha value is -0.850. The lowest BCUT2D eigenvalue weighted by atomic mass is 9.93. The van der Waals surface area contributed by atoms with E-state index in [9.17, 15) is 0 Å². The average Bonchev–Trinajstić information content (AvgIpc) is 2.03. The van der Waals surface area contributed by atoms with Crippen molar-refractivity contribution < 1.29 is 0 Å². The van der Waals surface area contributed by atoms with Gasteiger partial charge in [-0.05, 0) is 30.4 Å². The van der Waals surface area contributed by atoms with E-state index in [1.54, 1.807) is 0 Å². The van der Waals surface area contributed by atoms with Crippen molar-refractivity contribution in [1.82, 2.24) is 0 Å². The van der Waals surface area contributed by atoms with Crippen molar-refractivity contribution in [3.05, 3.63) is 23.8 Å². The molecule has 0 amide bonds. The first kappa shape index (κ1) is 13.2. The summed E-state index contributed by atoms with van der Waals surface area (Å²) in [4.78, 5) is 4.29. The van der Waals surface area contributed by atoms with Crippen molar-refractivity contribution in [2.45, 2.75) is 34.6 Å². The van der Waals surface area contributed by atoms with Crippen LogP contribution >= 0.6 is 0 Å². The number of hydrogen-bond donors (Lipinski definition) is 0. The van der Waals surface area contributed by atoms with Gasteiger partial charge in [-0.1, -0.05) is 39.8 Å². The summed E-state index contributed by atoms with van der Waals surface area (Å²) < 4.78 is 0. The molecular formula is C13H23N. The third-order valence-electron chi connectivity index (χ3n) is 2.27. The van der Waals surface area contributed by atoms with Crippen LogP contribution in [0.4, 0.5) is 0 Å². The molecule has 0 aromatic rings. The van der Waals surface area contributed by atoms with Crippen molar-refractivity contribution in [1.29, 1.82) is 0 Å². The van der Waals surface area contributed by atoms with Gasteiger partial charge < -0.3 is 0 Å². The van der Waals surface area contributed by atoms with Gasteiger partial charge in [0.2, 0.25) is 0 Å². The molecule has 0 radical (unpaired) electrons. The summed E-state index contributed by atoms with van der Waals surface area (Å²) in [6.07, 6.45) is 2.18. The molecule has 0 unspecified atom stereocenters. The van der Waals surface area contributed by atoms with Crippen LogP contribution in [0.2, 0.25) is 0 Å². The SMILES string of the molecule is C=C(C)/C(=C\C(=N/C)C(C)C)C(C)C. The van der Waals surface area contributed by atoms with Gasteiger partial charge in [0.1, 0.15) is 0 Å². The van der Waals surface area contributed by atoms with E-state index in [0.29, 0.717) is 11.8 Å². The van der Waals surface area contributed by atoms with Crippen molar-refractivity contribution in [2.24, 2.45) is 16.8 Å². The fourth-order valence-corrected chi connectivity index (χ4v) is 1.43. The molecule has 0 aromatic heterocycles. The molecule has 0 aromatic carbocycles. The maximum Gasteiger partial charge on any atom is 0.0373 e. The van der Waals surface area contributed by atoms with Gasteiger partial charge in [-0.25, -0.2) is 0 Å². The molecule has 0 aliphatic rings. The van der Waals surface area contributed by atoms with Crippen LogP contribution in [0, 0.1) is 11.8 Å². The summed E-state index contributed by atoms with van der Waals surface area (Å²) in [7, 11) is 1.85. The summed E-state index contributed by atoms with van der Waals surface area (Å²) >= 11 is 0. The highest BCUT2D eigenvalue weighted by Crippen LogP contribution is 2.18. The molecule has 0 saturated heterocycles. The molecular weight excluding hydrogens is 170 g/mol. The Labute approximate surface area is 88.6 Å². The molecule has 0 saturated carbocycles. The number of aliphatic imine (C=N–C) groups is 1. The zero-order valence-electron chi connectivity index (χ0n) is 10.4. The van der Waals surface area contributed by atoms with Crippen LogP contribution in [0.5, 0.6) is 0 Å². The minimum atomic E-state index is 0.480. The van der Waals surface area contributed by atoms with Crippen LogP contribution < -0.4 is 0 Å². The van der Waals surface area contributed by atoms with E-state index in [-0.39, 0.29) is 0 Å². The normalized spacial score (nSPS) is 14.0. The summed E-state index contributed by atoms with van der Waals surface area (Å²) in [5, 5.41) is 0. The third-order valence-corrected chi connectivity index (χ3v) is 2.27. The Kier molecular flexibility index (Phi) is 5.44. The predicted octanol–water partition coefficient (Wildman–Crippen LogP) is 3.87. The number of rotatable bonds is 4. The molecule has 1 heteroatoms. The van der Waals surface area contributed by atoms with E-state index in [1.165, 1.54) is 5.57 Å². The minimum absolute atomic E-state index is 0.480. The van der Waals surface area contributed by atoms with E-state index in [1.807, 2.05) is 7.05 Å². The number of nitrogens with zero attached hydrogens (tertiary/aromatic N) is 1. The molecule has 0 aliphatic heterocycles. The number of hydrogen-bond acceptors (Lipinski definition) is 1. The van der Waals surface area contributed by atoms with E-state index >= 15 is 0 Å². The van der Waals surface area contributed by atoms with Crippen LogP contribution in [-0.4, -0.2) is 12.8 Å². The first-order chi connectivity index (χ1) is 6.40. The molecule has 0 aliphatic carbocycles. The van der Waals surface area contributed by atoms with E-state index in [2.05, 4.69) is 52.3 Å². The smallest absolute Gasteiger partial charge is 0.0373 e. The fourth-order valence-electron chi connectivity index (χ4n) is 1.43. The molecule has 80 valence electrons. The lowest BCUT2D eigenvalue weighted by Gasteiger charge is -2.13. The first-order valence-electron chi connectivity index (χ1n) is 5.24. The monoisotopic (exact) mass is 193 g/mol. The molecule has 0 rings (SSSR count). The van der Waals surface area contributed by atoms with Crippen LogP contribution in [0.1, 0.15) is 34.6 Å². The van der Waals surface area contributed by atoms with Crippen LogP contribution in [-0.2, 0) is 0 Å². The lowest BCUT2D eigenvalue weighted by molar-refractivity contribution is 0.777. The average molecular weight is 193 g/mol. The molecule has 0 fully saturated rings. The molecule has 0 spiro atoms. The van der Waals surface area contributed by atoms with Crippen LogP contribution in [0.3, 0.4) is 0 Å². The predicted molar refractivity (Wildman–Crippen MR) is 65.9 cm³/mol. The van der Waals surface area contributed by atoms with Crippen LogP contribution in [0.25, 0.3) is 0 Å². The van der Waals surface area contributed by atoms with Gasteiger partial charge in [0, 0.05) is 12.8 Å². The molecule has 0 atom stereocenters. The van der Waals surface area contributed by atoms with Gasteiger partial charge in [-0.3, -0.25) is 4.99 Å².